The highest BCUT2D eigenvalue weighted by Crippen LogP contribution is 2.38. The zero-order valence-electron chi connectivity index (χ0n) is 10.5. The van der Waals surface area contributed by atoms with Crippen molar-refractivity contribution in [3.05, 3.63) is 29.8 Å². The third kappa shape index (κ3) is 2.64. The number of para-hydroxylation sites is 1. The van der Waals surface area contributed by atoms with Gasteiger partial charge in [0.05, 0.1) is 18.6 Å². The van der Waals surface area contributed by atoms with Crippen LogP contribution in [0.1, 0.15) is 31.4 Å². The second-order valence-corrected chi connectivity index (χ2v) is 4.35. The van der Waals surface area contributed by atoms with Crippen LogP contribution in [0.5, 0.6) is 5.75 Å². The van der Waals surface area contributed by atoms with Crippen LogP contribution in [0.25, 0.3) is 0 Å². The Morgan fingerprint density at radius 3 is 3.00 bits per heavy atom. The average Bonchev–Trinajstić information content (AvgIpc) is 2.40. The third-order valence-corrected chi connectivity index (χ3v) is 3.16. The van der Waals surface area contributed by atoms with Crippen LogP contribution in [-0.2, 0) is 9.53 Å². The highest BCUT2D eigenvalue weighted by atomic mass is 16.5. The van der Waals surface area contributed by atoms with Gasteiger partial charge in [0.25, 0.3) is 0 Å². The fourth-order valence-corrected chi connectivity index (χ4v) is 2.34. The van der Waals surface area contributed by atoms with Crippen LogP contribution in [0.4, 0.5) is 0 Å². The van der Waals surface area contributed by atoms with Gasteiger partial charge in [-0.25, -0.2) is 0 Å². The van der Waals surface area contributed by atoms with Crippen molar-refractivity contribution in [3.8, 4) is 5.75 Å². The third-order valence-electron chi connectivity index (χ3n) is 3.16. The molecule has 0 amide bonds. The number of rotatable bonds is 4. The lowest BCUT2D eigenvalue weighted by molar-refractivity contribution is -0.152. The fourth-order valence-electron chi connectivity index (χ4n) is 2.34. The molecule has 1 aliphatic heterocycles. The molecule has 0 aromatic heterocycles. The van der Waals surface area contributed by atoms with E-state index in [0.717, 1.165) is 17.7 Å². The molecule has 2 rings (SSSR count). The molecule has 1 heterocycles. The van der Waals surface area contributed by atoms with Gasteiger partial charge in [0.15, 0.2) is 0 Å². The normalized spacial score (nSPS) is 23.6. The van der Waals surface area contributed by atoms with Crippen LogP contribution in [0, 0.1) is 5.92 Å². The van der Waals surface area contributed by atoms with Crippen molar-refractivity contribution in [2.24, 2.45) is 5.92 Å². The largest absolute Gasteiger partial charge is 0.493 e. The maximum atomic E-state index is 11.3. The molecule has 0 bridgehead atoms. The number of carbonyl (C=O) groups is 1. The van der Waals surface area contributed by atoms with E-state index < -0.39 is 18.0 Å². The predicted octanol–water partition coefficient (Wildman–Crippen LogP) is 2.64. The number of hydrogen-bond donors (Lipinski definition) is 1. The molecule has 4 heteroatoms. The molecule has 1 aromatic rings. The first kappa shape index (κ1) is 12.9. The first-order valence-electron chi connectivity index (χ1n) is 6.30. The van der Waals surface area contributed by atoms with E-state index in [0.29, 0.717) is 19.6 Å². The van der Waals surface area contributed by atoms with Gasteiger partial charge in [-0.15, -0.1) is 0 Å². The van der Waals surface area contributed by atoms with Gasteiger partial charge in [0, 0.05) is 12.2 Å². The van der Waals surface area contributed by atoms with E-state index in [1.165, 1.54) is 0 Å². The Morgan fingerprint density at radius 2 is 2.28 bits per heavy atom. The number of ether oxygens (including phenoxy) is 2. The molecule has 1 saturated heterocycles. The highest BCUT2D eigenvalue weighted by molar-refractivity contribution is 5.71. The van der Waals surface area contributed by atoms with Crippen molar-refractivity contribution in [2.75, 3.05) is 13.2 Å². The van der Waals surface area contributed by atoms with Crippen molar-refractivity contribution in [1.82, 2.24) is 0 Å². The molecule has 4 nitrogen and oxygen atoms in total. The van der Waals surface area contributed by atoms with Crippen LogP contribution in [0.15, 0.2) is 24.3 Å². The molecule has 1 N–H and O–H groups in total. The monoisotopic (exact) mass is 250 g/mol. The fraction of sp³-hybridized carbons (Fsp3) is 0.500. The van der Waals surface area contributed by atoms with Crippen LogP contribution in [-0.4, -0.2) is 24.3 Å². The topological polar surface area (TPSA) is 55.8 Å². The lowest BCUT2D eigenvalue weighted by Gasteiger charge is -2.30. The number of benzene rings is 1. The minimum absolute atomic E-state index is 0.404. The molecule has 1 aromatic carbocycles. The van der Waals surface area contributed by atoms with Crippen LogP contribution >= 0.6 is 0 Å². The SMILES string of the molecule is CCOc1ccccc1C1OCCCC1C(=O)O. The number of carboxylic acids is 1. The minimum Gasteiger partial charge on any atom is -0.493 e. The Balaban J connectivity index is 2.30. The molecule has 98 valence electrons. The van der Waals surface area contributed by atoms with E-state index in [1.807, 2.05) is 31.2 Å². The summed E-state index contributed by atoms with van der Waals surface area (Å²) in [7, 11) is 0. The van der Waals surface area contributed by atoms with Gasteiger partial charge in [0.2, 0.25) is 0 Å². The Morgan fingerprint density at radius 1 is 1.50 bits per heavy atom. The molecule has 2 unspecified atom stereocenters. The van der Waals surface area contributed by atoms with Crippen LogP contribution in [0.2, 0.25) is 0 Å². The summed E-state index contributed by atoms with van der Waals surface area (Å²) >= 11 is 0. The van der Waals surface area contributed by atoms with Gasteiger partial charge in [-0.05, 0) is 25.8 Å². The molecular formula is C14H18O4. The summed E-state index contributed by atoms with van der Waals surface area (Å²) < 4.78 is 11.2. The standard InChI is InChI=1S/C14H18O4/c1-2-17-12-8-4-3-6-10(12)13-11(14(15)16)7-5-9-18-13/h3-4,6,8,11,13H,2,5,7,9H2,1H3,(H,15,16). The zero-order valence-corrected chi connectivity index (χ0v) is 10.5. The first-order valence-corrected chi connectivity index (χ1v) is 6.30. The summed E-state index contributed by atoms with van der Waals surface area (Å²) in [4.78, 5) is 11.3. The molecular weight excluding hydrogens is 232 g/mol. The Labute approximate surface area is 107 Å². The van der Waals surface area contributed by atoms with E-state index in [1.54, 1.807) is 0 Å². The summed E-state index contributed by atoms with van der Waals surface area (Å²) in [6, 6.07) is 7.51. The molecule has 0 aliphatic carbocycles. The summed E-state index contributed by atoms with van der Waals surface area (Å²) in [5.41, 5.74) is 0.839. The van der Waals surface area contributed by atoms with Crippen LogP contribution < -0.4 is 4.74 Å². The smallest absolute Gasteiger partial charge is 0.309 e. The van der Waals surface area contributed by atoms with Crippen LogP contribution in [0.3, 0.4) is 0 Å². The number of hydrogen-bond acceptors (Lipinski definition) is 3. The maximum Gasteiger partial charge on any atom is 0.309 e. The van der Waals surface area contributed by atoms with E-state index in [4.69, 9.17) is 9.47 Å². The van der Waals surface area contributed by atoms with Gasteiger partial charge < -0.3 is 14.6 Å². The molecule has 1 fully saturated rings. The molecule has 0 spiro atoms. The molecule has 0 radical (unpaired) electrons. The average molecular weight is 250 g/mol. The summed E-state index contributed by atoms with van der Waals surface area (Å²) in [6.07, 6.45) is 1.05. The molecule has 0 saturated carbocycles. The summed E-state index contributed by atoms with van der Waals surface area (Å²) in [5.74, 6) is -0.565. The number of aliphatic carboxylic acids is 1. The summed E-state index contributed by atoms with van der Waals surface area (Å²) in [6.45, 7) is 3.07. The minimum atomic E-state index is -0.800. The molecule has 1 aliphatic rings. The van der Waals surface area contributed by atoms with E-state index in [9.17, 15) is 9.90 Å². The quantitative estimate of drug-likeness (QED) is 0.892. The van der Waals surface area contributed by atoms with Gasteiger partial charge in [-0.3, -0.25) is 4.79 Å². The second-order valence-electron chi connectivity index (χ2n) is 4.35. The second kappa shape index (κ2) is 5.87. The van der Waals surface area contributed by atoms with Gasteiger partial charge in [0.1, 0.15) is 5.75 Å². The molecule has 2 atom stereocenters. The first-order chi connectivity index (χ1) is 8.74. The van der Waals surface area contributed by atoms with E-state index in [2.05, 4.69) is 0 Å². The van der Waals surface area contributed by atoms with Crippen molar-refractivity contribution in [1.29, 1.82) is 0 Å². The Kier molecular flexibility index (Phi) is 4.20. The van der Waals surface area contributed by atoms with Gasteiger partial charge in [-0.2, -0.15) is 0 Å². The van der Waals surface area contributed by atoms with E-state index in [-0.39, 0.29) is 0 Å². The predicted molar refractivity (Wildman–Crippen MR) is 66.7 cm³/mol. The maximum absolute atomic E-state index is 11.3. The van der Waals surface area contributed by atoms with E-state index >= 15 is 0 Å². The lowest BCUT2D eigenvalue weighted by Crippen LogP contribution is -2.29. The van der Waals surface area contributed by atoms with Crippen molar-refractivity contribution in [2.45, 2.75) is 25.9 Å². The Hall–Kier alpha value is -1.55. The zero-order chi connectivity index (χ0) is 13.0. The highest BCUT2D eigenvalue weighted by Gasteiger charge is 2.34. The summed E-state index contributed by atoms with van der Waals surface area (Å²) in [5, 5.41) is 9.27. The van der Waals surface area contributed by atoms with Gasteiger partial charge >= 0.3 is 5.97 Å². The van der Waals surface area contributed by atoms with Crippen molar-refractivity contribution < 1.29 is 19.4 Å². The van der Waals surface area contributed by atoms with Crippen molar-refractivity contribution in [3.63, 3.8) is 0 Å². The lowest BCUT2D eigenvalue weighted by atomic mass is 9.89. The Bertz CT molecular complexity index is 416. The van der Waals surface area contributed by atoms with Crippen molar-refractivity contribution >= 4 is 5.97 Å². The van der Waals surface area contributed by atoms with Gasteiger partial charge in [-0.1, -0.05) is 18.2 Å². The number of carboxylic acid groups (broad SMARTS) is 1. The molecule has 18 heavy (non-hydrogen) atoms.